The van der Waals surface area contributed by atoms with Gasteiger partial charge < -0.3 is 10.2 Å². The lowest BCUT2D eigenvalue weighted by molar-refractivity contribution is -0.138. The van der Waals surface area contributed by atoms with Crippen molar-refractivity contribution in [1.29, 1.82) is 0 Å². The van der Waals surface area contributed by atoms with Crippen molar-refractivity contribution in [1.82, 2.24) is 10.2 Å². The van der Waals surface area contributed by atoms with E-state index in [0.717, 1.165) is 25.1 Å². The van der Waals surface area contributed by atoms with Gasteiger partial charge in [-0.15, -0.1) is 0 Å². The van der Waals surface area contributed by atoms with Gasteiger partial charge in [-0.3, -0.25) is 4.79 Å². The van der Waals surface area contributed by atoms with Crippen LogP contribution in [0.3, 0.4) is 0 Å². The average Bonchev–Trinajstić information content (AvgIpc) is 2.87. The smallest absolute Gasteiger partial charge is 0.342 e. The van der Waals surface area contributed by atoms with Crippen LogP contribution < -0.4 is 5.32 Å². The first-order valence-corrected chi connectivity index (χ1v) is 6.98. The topological polar surface area (TPSA) is 32.3 Å². The van der Waals surface area contributed by atoms with Crippen molar-refractivity contribution in [3.63, 3.8) is 0 Å². The van der Waals surface area contributed by atoms with Crippen molar-refractivity contribution >= 4 is 5.91 Å². The summed E-state index contributed by atoms with van der Waals surface area (Å²) in [6.07, 6.45) is -3.41. The van der Waals surface area contributed by atoms with Gasteiger partial charge in [-0.25, -0.2) is 0 Å². The van der Waals surface area contributed by atoms with Gasteiger partial charge in [-0.05, 0) is 37.6 Å². The molecule has 0 radical (unpaired) electrons. The molecule has 1 aliphatic heterocycles. The molecule has 21 heavy (non-hydrogen) atoms. The number of alkyl halides is 3. The SMILES string of the molecule is CNC[C@H]1CCN(C(=O)Cc2cccc(C(F)(F)F)c2)C1. The summed E-state index contributed by atoms with van der Waals surface area (Å²) in [7, 11) is 1.87. The first kappa shape index (κ1) is 15.8. The number of likely N-dealkylation sites (tertiary alicyclic amines) is 1. The van der Waals surface area contributed by atoms with Gasteiger partial charge in [0.1, 0.15) is 0 Å². The van der Waals surface area contributed by atoms with Gasteiger partial charge in [0.2, 0.25) is 5.91 Å². The van der Waals surface area contributed by atoms with E-state index >= 15 is 0 Å². The maximum absolute atomic E-state index is 12.6. The molecule has 1 amide bonds. The number of halogens is 3. The molecule has 1 fully saturated rings. The zero-order valence-electron chi connectivity index (χ0n) is 11.9. The quantitative estimate of drug-likeness (QED) is 0.925. The monoisotopic (exact) mass is 300 g/mol. The van der Waals surface area contributed by atoms with Crippen LogP contribution >= 0.6 is 0 Å². The van der Waals surface area contributed by atoms with Crippen molar-refractivity contribution < 1.29 is 18.0 Å². The Kier molecular flexibility index (Phi) is 4.88. The standard InChI is InChI=1S/C15H19F3N2O/c1-19-9-12-5-6-20(10-12)14(21)8-11-3-2-4-13(7-11)15(16,17)18/h2-4,7,12,19H,5-6,8-10H2,1H3/t12-/m1/s1. The Morgan fingerprint density at radius 3 is 2.86 bits per heavy atom. The van der Waals surface area contributed by atoms with Crippen LogP contribution in [0.25, 0.3) is 0 Å². The largest absolute Gasteiger partial charge is 0.416 e. The highest BCUT2D eigenvalue weighted by molar-refractivity contribution is 5.79. The summed E-state index contributed by atoms with van der Waals surface area (Å²) < 4.78 is 37.9. The van der Waals surface area contributed by atoms with Crippen molar-refractivity contribution in [3.05, 3.63) is 35.4 Å². The molecule has 0 aromatic heterocycles. The van der Waals surface area contributed by atoms with Gasteiger partial charge in [-0.2, -0.15) is 13.2 Å². The van der Waals surface area contributed by atoms with E-state index in [1.54, 1.807) is 11.0 Å². The number of carbonyl (C=O) groups excluding carboxylic acids is 1. The summed E-state index contributed by atoms with van der Waals surface area (Å²) >= 11 is 0. The number of hydrogen-bond acceptors (Lipinski definition) is 2. The summed E-state index contributed by atoms with van der Waals surface area (Å²) in [5.74, 6) is 0.327. The lowest BCUT2D eigenvalue weighted by Crippen LogP contribution is -2.31. The number of carbonyl (C=O) groups is 1. The van der Waals surface area contributed by atoms with E-state index in [-0.39, 0.29) is 12.3 Å². The number of nitrogens with one attached hydrogen (secondary N) is 1. The summed E-state index contributed by atoms with van der Waals surface area (Å²) in [6, 6.07) is 4.99. The van der Waals surface area contributed by atoms with Crippen LogP contribution in [0, 0.1) is 5.92 Å². The van der Waals surface area contributed by atoms with Crippen molar-refractivity contribution in [2.24, 2.45) is 5.92 Å². The van der Waals surface area contributed by atoms with Crippen LogP contribution in [0.15, 0.2) is 24.3 Å². The minimum absolute atomic E-state index is 0.0240. The fourth-order valence-electron chi connectivity index (χ4n) is 2.66. The van der Waals surface area contributed by atoms with Crippen LogP contribution in [0.4, 0.5) is 13.2 Å². The third kappa shape index (κ3) is 4.20. The van der Waals surface area contributed by atoms with Crippen molar-refractivity contribution in [3.8, 4) is 0 Å². The first-order valence-electron chi connectivity index (χ1n) is 6.98. The van der Waals surface area contributed by atoms with Crippen LogP contribution in [0.2, 0.25) is 0 Å². The Morgan fingerprint density at radius 2 is 2.19 bits per heavy atom. The van der Waals surface area contributed by atoms with Crippen molar-refractivity contribution in [2.45, 2.75) is 19.0 Å². The van der Waals surface area contributed by atoms with Crippen LogP contribution in [-0.2, 0) is 17.4 Å². The number of amides is 1. The minimum Gasteiger partial charge on any atom is -0.342 e. The minimum atomic E-state index is -4.37. The lowest BCUT2D eigenvalue weighted by atomic mass is 10.1. The van der Waals surface area contributed by atoms with Crippen LogP contribution in [0.1, 0.15) is 17.5 Å². The number of rotatable bonds is 4. The van der Waals surface area contributed by atoms with Gasteiger partial charge in [0.25, 0.3) is 0 Å². The Bertz CT molecular complexity index is 502. The molecule has 1 aromatic rings. The predicted octanol–water partition coefficient (Wildman–Crippen LogP) is 2.32. The van der Waals surface area contributed by atoms with Gasteiger partial charge in [0, 0.05) is 13.1 Å². The number of hydrogen-bond donors (Lipinski definition) is 1. The second-order valence-corrected chi connectivity index (χ2v) is 5.43. The molecule has 1 saturated heterocycles. The third-order valence-electron chi connectivity index (χ3n) is 3.74. The molecule has 0 aliphatic carbocycles. The molecule has 0 unspecified atom stereocenters. The Labute approximate surface area is 122 Å². The summed E-state index contributed by atoms with van der Waals surface area (Å²) in [4.78, 5) is 13.9. The molecule has 2 rings (SSSR count). The van der Waals surface area contributed by atoms with Gasteiger partial charge in [0.15, 0.2) is 0 Å². The molecule has 0 spiro atoms. The molecule has 0 bridgehead atoms. The molecule has 1 atom stereocenters. The maximum Gasteiger partial charge on any atom is 0.416 e. The number of nitrogens with zero attached hydrogens (tertiary/aromatic N) is 1. The van der Waals surface area contributed by atoms with E-state index in [1.165, 1.54) is 6.07 Å². The highest BCUT2D eigenvalue weighted by Crippen LogP contribution is 2.29. The van der Waals surface area contributed by atoms with E-state index in [4.69, 9.17) is 0 Å². The molecule has 0 saturated carbocycles. The summed E-state index contributed by atoms with van der Waals surface area (Å²) in [6.45, 7) is 2.22. The van der Waals surface area contributed by atoms with Crippen LogP contribution in [0.5, 0.6) is 0 Å². The molecule has 1 heterocycles. The zero-order valence-corrected chi connectivity index (χ0v) is 11.9. The predicted molar refractivity (Wildman–Crippen MR) is 73.8 cm³/mol. The van der Waals surface area contributed by atoms with Gasteiger partial charge in [0.05, 0.1) is 12.0 Å². The van der Waals surface area contributed by atoms with E-state index in [0.29, 0.717) is 24.6 Å². The summed E-state index contributed by atoms with van der Waals surface area (Å²) in [5, 5.41) is 3.08. The molecule has 116 valence electrons. The van der Waals surface area contributed by atoms with E-state index in [9.17, 15) is 18.0 Å². The van der Waals surface area contributed by atoms with Crippen LogP contribution in [-0.4, -0.2) is 37.5 Å². The molecule has 1 N–H and O–H groups in total. The van der Waals surface area contributed by atoms with Crippen molar-refractivity contribution in [2.75, 3.05) is 26.7 Å². The summed E-state index contributed by atoms with van der Waals surface area (Å²) in [5.41, 5.74) is -0.297. The fraction of sp³-hybridized carbons (Fsp3) is 0.533. The fourth-order valence-corrected chi connectivity index (χ4v) is 2.66. The molecule has 1 aliphatic rings. The Morgan fingerprint density at radius 1 is 1.43 bits per heavy atom. The highest BCUT2D eigenvalue weighted by atomic mass is 19.4. The van der Waals surface area contributed by atoms with E-state index in [2.05, 4.69) is 5.32 Å². The Balaban J connectivity index is 1.97. The molecule has 6 heteroatoms. The zero-order chi connectivity index (χ0) is 15.5. The highest BCUT2D eigenvalue weighted by Gasteiger charge is 2.31. The number of benzene rings is 1. The maximum atomic E-state index is 12.6. The van der Waals surface area contributed by atoms with E-state index in [1.807, 2.05) is 7.05 Å². The second kappa shape index (κ2) is 6.47. The average molecular weight is 300 g/mol. The molecule has 3 nitrogen and oxygen atoms in total. The van der Waals surface area contributed by atoms with Gasteiger partial charge >= 0.3 is 6.18 Å². The normalized spacial score (nSPS) is 19.0. The van der Waals surface area contributed by atoms with Gasteiger partial charge in [-0.1, -0.05) is 18.2 Å². The third-order valence-corrected chi connectivity index (χ3v) is 3.74. The second-order valence-electron chi connectivity index (χ2n) is 5.43. The lowest BCUT2D eigenvalue weighted by Gasteiger charge is -2.17. The molecular formula is C15H19F3N2O. The first-order chi connectivity index (χ1) is 9.90. The molecular weight excluding hydrogens is 281 g/mol. The van der Waals surface area contributed by atoms with E-state index < -0.39 is 11.7 Å². The molecule has 1 aromatic carbocycles. The Hall–Kier alpha value is -1.56.